The average Bonchev–Trinajstić information content (AvgIpc) is 3.22. The molecule has 0 saturated carbocycles. The molecule has 140 valence electrons. The smallest absolute Gasteiger partial charge is 0.260 e. The molecule has 3 aromatic rings. The van der Waals surface area contributed by atoms with E-state index < -0.39 is 0 Å². The van der Waals surface area contributed by atoms with E-state index in [1.807, 2.05) is 24.3 Å². The van der Waals surface area contributed by atoms with Crippen molar-refractivity contribution in [2.75, 3.05) is 20.2 Å². The number of aryl methyl sites for hydroxylation is 2. The normalized spacial score (nSPS) is 19.2. The first kappa shape index (κ1) is 16.8. The lowest BCUT2D eigenvalue weighted by Gasteiger charge is -2.27. The van der Waals surface area contributed by atoms with E-state index in [-0.39, 0.29) is 11.7 Å². The molecule has 2 aromatic heterocycles. The summed E-state index contributed by atoms with van der Waals surface area (Å²) in [4.78, 5) is 23.8. The second-order valence-corrected chi connectivity index (χ2v) is 8.47. The maximum atomic E-state index is 12.6. The molecular formula is C20H22N3O3S+. The molecule has 1 aliphatic carbocycles. The van der Waals surface area contributed by atoms with Gasteiger partial charge in [-0.05, 0) is 37.0 Å². The molecule has 0 fully saturated rings. The Labute approximate surface area is 160 Å². The quantitative estimate of drug-likeness (QED) is 0.712. The molecule has 0 amide bonds. The monoisotopic (exact) mass is 384 g/mol. The molecule has 0 saturated heterocycles. The second-order valence-electron chi connectivity index (χ2n) is 7.39. The van der Waals surface area contributed by atoms with E-state index in [1.54, 1.807) is 11.3 Å². The first-order chi connectivity index (χ1) is 13.2. The van der Waals surface area contributed by atoms with E-state index >= 15 is 0 Å². The molecule has 1 unspecified atom stereocenters. The maximum Gasteiger partial charge on any atom is 0.260 e. The summed E-state index contributed by atoms with van der Waals surface area (Å²) in [5.74, 6) is 2.33. The molecule has 1 aliphatic heterocycles. The van der Waals surface area contributed by atoms with E-state index in [9.17, 15) is 4.79 Å². The summed E-state index contributed by atoms with van der Waals surface area (Å²) >= 11 is 1.68. The third kappa shape index (κ3) is 3.11. The number of aromatic nitrogens is 2. The largest absolute Gasteiger partial charge is 0.486 e. The molecular weight excluding hydrogens is 362 g/mol. The molecule has 0 bridgehead atoms. The molecule has 2 atom stereocenters. The van der Waals surface area contributed by atoms with Crippen molar-refractivity contribution >= 4 is 21.6 Å². The molecule has 27 heavy (non-hydrogen) atoms. The van der Waals surface area contributed by atoms with Crippen molar-refractivity contribution in [1.29, 1.82) is 0 Å². The van der Waals surface area contributed by atoms with Crippen LogP contribution in [-0.4, -0.2) is 36.3 Å². The van der Waals surface area contributed by atoms with Gasteiger partial charge in [-0.2, -0.15) is 0 Å². The predicted octanol–water partition coefficient (Wildman–Crippen LogP) is 1.33. The molecule has 2 aliphatic rings. The number of nitrogens with zero attached hydrogens (tertiary/aromatic N) is 1. The third-order valence-electron chi connectivity index (χ3n) is 5.24. The average molecular weight is 384 g/mol. The van der Waals surface area contributed by atoms with Gasteiger partial charge in [0.25, 0.3) is 5.56 Å². The number of thiophene rings is 1. The van der Waals surface area contributed by atoms with E-state index in [4.69, 9.17) is 14.5 Å². The number of hydrogen-bond acceptors (Lipinski definition) is 5. The summed E-state index contributed by atoms with van der Waals surface area (Å²) in [6.07, 6.45) is 3.22. The zero-order chi connectivity index (χ0) is 18.4. The van der Waals surface area contributed by atoms with Crippen LogP contribution in [-0.2, 0) is 19.4 Å². The van der Waals surface area contributed by atoms with Gasteiger partial charge in [0.2, 0.25) is 0 Å². The second kappa shape index (κ2) is 6.65. The van der Waals surface area contributed by atoms with Gasteiger partial charge in [-0.3, -0.25) is 4.79 Å². The highest BCUT2D eigenvalue weighted by Gasteiger charge is 2.25. The molecule has 0 spiro atoms. The van der Waals surface area contributed by atoms with Crippen molar-refractivity contribution in [2.45, 2.75) is 31.9 Å². The van der Waals surface area contributed by atoms with Gasteiger partial charge >= 0.3 is 0 Å². The Morgan fingerprint density at radius 1 is 1.30 bits per heavy atom. The number of fused-ring (bicyclic) bond motifs is 4. The van der Waals surface area contributed by atoms with Crippen LogP contribution >= 0.6 is 11.3 Å². The van der Waals surface area contributed by atoms with E-state index in [0.29, 0.717) is 13.2 Å². The van der Waals surface area contributed by atoms with Gasteiger partial charge in [0.15, 0.2) is 23.4 Å². The standard InChI is InChI=1S/C20H21N3O3S/c1-23(9-12-11-25-14-6-2-3-7-15(14)26-12)10-17-21-19(24)18-13-5-4-8-16(13)27-20(18)22-17/h2-3,6-7,12H,4-5,8-11H2,1H3,(H,21,22,24)/p+1/t12-/m0/s1. The highest BCUT2D eigenvalue weighted by molar-refractivity contribution is 7.18. The van der Waals surface area contributed by atoms with Crippen molar-refractivity contribution in [1.82, 2.24) is 9.97 Å². The number of quaternary nitrogens is 1. The highest BCUT2D eigenvalue weighted by atomic mass is 32.1. The Morgan fingerprint density at radius 3 is 3.04 bits per heavy atom. The Morgan fingerprint density at radius 2 is 2.15 bits per heavy atom. The first-order valence-electron chi connectivity index (χ1n) is 9.40. The number of rotatable bonds is 4. The number of ether oxygens (including phenoxy) is 2. The summed E-state index contributed by atoms with van der Waals surface area (Å²) < 4.78 is 11.8. The zero-order valence-corrected chi connectivity index (χ0v) is 16.0. The minimum atomic E-state index is -0.0131. The summed E-state index contributed by atoms with van der Waals surface area (Å²) in [6, 6.07) is 7.74. The Hall–Kier alpha value is -2.38. The molecule has 0 radical (unpaired) electrons. The van der Waals surface area contributed by atoms with Gasteiger partial charge in [-0.1, -0.05) is 12.1 Å². The van der Waals surface area contributed by atoms with Gasteiger partial charge in [0, 0.05) is 4.88 Å². The predicted molar refractivity (Wildman–Crippen MR) is 104 cm³/mol. The number of nitrogens with one attached hydrogen (secondary N) is 2. The van der Waals surface area contributed by atoms with Crippen LogP contribution in [0.15, 0.2) is 29.1 Å². The summed E-state index contributed by atoms with van der Waals surface area (Å²) in [6.45, 7) is 1.96. The Kier molecular flexibility index (Phi) is 4.13. The number of benzene rings is 1. The van der Waals surface area contributed by atoms with Crippen LogP contribution in [0.4, 0.5) is 0 Å². The van der Waals surface area contributed by atoms with Gasteiger partial charge in [-0.15, -0.1) is 11.3 Å². The fourth-order valence-electron chi connectivity index (χ4n) is 4.04. The molecule has 7 heteroatoms. The lowest BCUT2D eigenvalue weighted by Crippen LogP contribution is -3.09. The number of H-pyrrole nitrogens is 1. The minimum Gasteiger partial charge on any atom is -0.486 e. The van der Waals surface area contributed by atoms with Crippen LogP contribution < -0.4 is 19.9 Å². The molecule has 3 heterocycles. The number of hydrogen-bond donors (Lipinski definition) is 2. The van der Waals surface area contributed by atoms with Crippen LogP contribution in [0, 0.1) is 0 Å². The summed E-state index contributed by atoms with van der Waals surface area (Å²) in [5.41, 5.74) is 1.23. The molecule has 2 N–H and O–H groups in total. The zero-order valence-electron chi connectivity index (χ0n) is 15.2. The highest BCUT2D eigenvalue weighted by Crippen LogP contribution is 2.34. The van der Waals surface area contributed by atoms with Crippen LogP contribution in [0.25, 0.3) is 10.2 Å². The number of likely N-dealkylation sites (N-methyl/N-ethyl adjacent to an activating group) is 1. The Bertz CT molecular complexity index is 1060. The van der Waals surface area contributed by atoms with Crippen molar-refractivity contribution in [2.24, 2.45) is 0 Å². The van der Waals surface area contributed by atoms with Crippen molar-refractivity contribution < 1.29 is 14.4 Å². The van der Waals surface area contributed by atoms with Gasteiger partial charge in [0.05, 0.1) is 12.4 Å². The van der Waals surface area contributed by atoms with E-state index in [0.717, 1.165) is 53.3 Å². The van der Waals surface area contributed by atoms with Crippen molar-refractivity contribution in [3.05, 3.63) is 50.9 Å². The molecule has 6 nitrogen and oxygen atoms in total. The Balaban J connectivity index is 1.30. The van der Waals surface area contributed by atoms with Crippen LogP contribution in [0.1, 0.15) is 22.7 Å². The lowest BCUT2D eigenvalue weighted by molar-refractivity contribution is -0.897. The van der Waals surface area contributed by atoms with Crippen molar-refractivity contribution in [3.63, 3.8) is 0 Å². The number of aromatic amines is 1. The lowest BCUT2D eigenvalue weighted by atomic mass is 10.2. The first-order valence-corrected chi connectivity index (χ1v) is 10.2. The number of para-hydroxylation sites is 2. The fraction of sp³-hybridized carbons (Fsp3) is 0.400. The van der Waals surface area contributed by atoms with Crippen LogP contribution in [0.5, 0.6) is 11.5 Å². The maximum absolute atomic E-state index is 12.6. The van der Waals surface area contributed by atoms with Gasteiger partial charge < -0.3 is 19.4 Å². The van der Waals surface area contributed by atoms with Gasteiger partial charge in [0.1, 0.15) is 24.5 Å². The topological polar surface area (TPSA) is 68.7 Å². The summed E-state index contributed by atoms with van der Waals surface area (Å²) in [5, 5.41) is 0.814. The van der Waals surface area contributed by atoms with Crippen molar-refractivity contribution in [3.8, 4) is 11.5 Å². The van der Waals surface area contributed by atoms with Gasteiger partial charge in [-0.25, -0.2) is 4.98 Å². The molecule has 1 aromatic carbocycles. The van der Waals surface area contributed by atoms with E-state index in [2.05, 4.69) is 12.0 Å². The van der Waals surface area contributed by atoms with Crippen LogP contribution in [0.3, 0.4) is 0 Å². The third-order valence-corrected chi connectivity index (χ3v) is 6.42. The van der Waals surface area contributed by atoms with Crippen LogP contribution in [0.2, 0.25) is 0 Å². The SMILES string of the molecule is C[NH+](Cc1nc2sc3c(c2c(=O)[nH]1)CCC3)C[C@H]1COc2ccccc2O1. The molecule has 5 rings (SSSR count). The fourth-order valence-corrected chi connectivity index (χ4v) is 5.32. The summed E-state index contributed by atoms with van der Waals surface area (Å²) in [7, 11) is 2.09. The van der Waals surface area contributed by atoms with E-state index in [1.165, 1.54) is 15.3 Å². The minimum absolute atomic E-state index is 0.00776.